The van der Waals surface area contributed by atoms with Gasteiger partial charge in [0, 0.05) is 25.9 Å². The minimum atomic E-state index is -0.239. The van der Waals surface area contributed by atoms with Crippen LogP contribution < -0.4 is 5.32 Å². The van der Waals surface area contributed by atoms with Crippen LogP contribution in [0.5, 0.6) is 0 Å². The van der Waals surface area contributed by atoms with E-state index < -0.39 is 0 Å². The molecule has 2 rings (SSSR count). The van der Waals surface area contributed by atoms with E-state index in [0.717, 1.165) is 25.1 Å². The van der Waals surface area contributed by atoms with Gasteiger partial charge in [-0.05, 0) is 19.4 Å². The van der Waals surface area contributed by atoms with Crippen molar-refractivity contribution in [3.8, 4) is 6.07 Å². The number of amides is 1. The molecule has 0 fully saturated rings. The molecule has 0 atom stereocenters. The lowest BCUT2D eigenvalue weighted by Gasteiger charge is -2.08. The average Bonchev–Trinajstić information content (AvgIpc) is 2.99. The highest BCUT2D eigenvalue weighted by Gasteiger charge is 2.14. The summed E-state index contributed by atoms with van der Waals surface area (Å²) >= 11 is 0. The van der Waals surface area contributed by atoms with Crippen LogP contribution in [0.15, 0.2) is 18.3 Å². The van der Waals surface area contributed by atoms with Gasteiger partial charge in [-0.2, -0.15) is 10.4 Å². The molecule has 0 saturated carbocycles. The quantitative estimate of drug-likeness (QED) is 0.916. The fourth-order valence-electron chi connectivity index (χ4n) is 2.16. The standard InChI is InChI=1S/C15H19N5O/c1-4-5-6-20-14(7-11(2)18-20)17-15(21)13-8-12(9-16)10-19(13)3/h7-8,10H,4-6H2,1-3H3,(H,17,21). The van der Waals surface area contributed by atoms with Crippen LogP contribution >= 0.6 is 0 Å². The monoisotopic (exact) mass is 285 g/mol. The molecule has 2 aromatic rings. The first kappa shape index (κ1) is 14.9. The Labute approximate surface area is 124 Å². The van der Waals surface area contributed by atoms with Gasteiger partial charge in [-0.25, -0.2) is 4.68 Å². The lowest BCUT2D eigenvalue weighted by molar-refractivity contribution is 0.101. The van der Waals surface area contributed by atoms with Gasteiger partial charge < -0.3 is 9.88 Å². The number of hydrogen-bond acceptors (Lipinski definition) is 3. The van der Waals surface area contributed by atoms with Gasteiger partial charge in [0.25, 0.3) is 5.91 Å². The van der Waals surface area contributed by atoms with E-state index in [-0.39, 0.29) is 5.91 Å². The molecular weight excluding hydrogens is 266 g/mol. The van der Waals surface area contributed by atoms with Gasteiger partial charge in [-0.15, -0.1) is 0 Å². The number of nitriles is 1. The van der Waals surface area contributed by atoms with Crippen molar-refractivity contribution in [3.63, 3.8) is 0 Å². The number of carbonyl (C=O) groups is 1. The summed E-state index contributed by atoms with van der Waals surface area (Å²) < 4.78 is 3.46. The summed E-state index contributed by atoms with van der Waals surface area (Å²) in [6, 6.07) is 5.46. The predicted octanol–water partition coefficient (Wildman–Crippen LogP) is 2.45. The lowest BCUT2D eigenvalue weighted by Crippen LogP contribution is -2.18. The smallest absolute Gasteiger partial charge is 0.273 e. The molecule has 0 aromatic carbocycles. The molecule has 0 radical (unpaired) electrons. The molecule has 0 aliphatic carbocycles. The van der Waals surface area contributed by atoms with Crippen molar-refractivity contribution >= 4 is 11.7 Å². The van der Waals surface area contributed by atoms with Crippen LogP contribution in [0, 0.1) is 18.3 Å². The Kier molecular flexibility index (Phi) is 4.43. The topological polar surface area (TPSA) is 75.6 Å². The molecule has 1 amide bonds. The number of nitrogens with zero attached hydrogens (tertiary/aromatic N) is 4. The number of aryl methyl sites for hydroxylation is 3. The Morgan fingerprint density at radius 3 is 2.86 bits per heavy atom. The minimum absolute atomic E-state index is 0.239. The summed E-state index contributed by atoms with van der Waals surface area (Å²) in [5.74, 6) is 0.447. The maximum atomic E-state index is 12.3. The fraction of sp³-hybridized carbons (Fsp3) is 0.400. The number of aromatic nitrogens is 3. The van der Waals surface area contributed by atoms with Crippen LogP contribution in [0.1, 0.15) is 41.5 Å². The van der Waals surface area contributed by atoms with Gasteiger partial charge in [-0.1, -0.05) is 13.3 Å². The molecule has 1 N–H and O–H groups in total. The van der Waals surface area contributed by atoms with Crippen molar-refractivity contribution < 1.29 is 4.79 Å². The predicted molar refractivity (Wildman–Crippen MR) is 80.0 cm³/mol. The van der Waals surface area contributed by atoms with Crippen molar-refractivity contribution in [3.05, 3.63) is 35.3 Å². The second-order valence-electron chi connectivity index (χ2n) is 5.04. The van der Waals surface area contributed by atoms with Crippen LogP contribution in [0.4, 0.5) is 5.82 Å². The summed E-state index contributed by atoms with van der Waals surface area (Å²) in [4.78, 5) is 12.3. The van der Waals surface area contributed by atoms with Gasteiger partial charge >= 0.3 is 0 Å². The SMILES string of the molecule is CCCCn1nc(C)cc1NC(=O)c1cc(C#N)cn1C. The van der Waals surface area contributed by atoms with Gasteiger partial charge in [0.15, 0.2) is 0 Å². The van der Waals surface area contributed by atoms with Crippen LogP contribution in [0.2, 0.25) is 0 Å². The number of carbonyl (C=O) groups excluding carboxylic acids is 1. The van der Waals surface area contributed by atoms with Crippen LogP contribution in [-0.4, -0.2) is 20.3 Å². The van der Waals surface area contributed by atoms with Gasteiger partial charge in [-0.3, -0.25) is 4.79 Å². The van der Waals surface area contributed by atoms with Crippen LogP contribution in [0.3, 0.4) is 0 Å². The molecule has 6 nitrogen and oxygen atoms in total. The van der Waals surface area contributed by atoms with E-state index in [4.69, 9.17) is 5.26 Å². The number of rotatable bonds is 5. The van der Waals surface area contributed by atoms with E-state index >= 15 is 0 Å². The Balaban J connectivity index is 2.19. The number of nitrogens with one attached hydrogen (secondary N) is 1. The molecule has 0 aliphatic rings. The zero-order valence-corrected chi connectivity index (χ0v) is 12.6. The maximum absolute atomic E-state index is 12.3. The third-order valence-corrected chi connectivity index (χ3v) is 3.23. The van der Waals surface area contributed by atoms with E-state index in [0.29, 0.717) is 17.1 Å². The Morgan fingerprint density at radius 2 is 2.24 bits per heavy atom. The normalized spacial score (nSPS) is 10.4. The summed E-state index contributed by atoms with van der Waals surface area (Å²) in [6.07, 6.45) is 3.71. The van der Waals surface area contributed by atoms with E-state index in [1.54, 1.807) is 23.9 Å². The van der Waals surface area contributed by atoms with Crippen molar-refractivity contribution in [2.45, 2.75) is 33.2 Å². The molecular formula is C15H19N5O. The molecule has 0 bridgehead atoms. The summed E-state index contributed by atoms with van der Waals surface area (Å²) in [5.41, 5.74) is 1.79. The molecule has 21 heavy (non-hydrogen) atoms. The summed E-state index contributed by atoms with van der Waals surface area (Å²) in [6.45, 7) is 4.78. The second kappa shape index (κ2) is 6.27. The van der Waals surface area contributed by atoms with Gasteiger partial charge in [0.05, 0.1) is 11.3 Å². The second-order valence-corrected chi connectivity index (χ2v) is 5.04. The van der Waals surface area contributed by atoms with E-state index in [1.165, 1.54) is 0 Å². The zero-order valence-electron chi connectivity index (χ0n) is 12.6. The minimum Gasteiger partial charge on any atom is -0.345 e. The van der Waals surface area contributed by atoms with Crippen molar-refractivity contribution in [1.29, 1.82) is 5.26 Å². The third kappa shape index (κ3) is 3.31. The Hall–Kier alpha value is -2.55. The Bertz CT molecular complexity index is 689. The van der Waals surface area contributed by atoms with Crippen molar-refractivity contribution in [2.75, 3.05) is 5.32 Å². The highest BCUT2D eigenvalue weighted by molar-refractivity contribution is 6.03. The van der Waals surface area contributed by atoms with Crippen molar-refractivity contribution in [1.82, 2.24) is 14.3 Å². The highest BCUT2D eigenvalue weighted by atomic mass is 16.2. The average molecular weight is 285 g/mol. The molecule has 0 saturated heterocycles. The molecule has 2 heterocycles. The molecule has 6 heteroatoms. The lowest BCUT2D eigenvalue weighted by atomic mass is 10.3. The van der Waals surface area contributed by atoms with Gasteiger partial charge in [0.2, 0.25) is 0 Å². The number of anilines is 1. The maximum Gasteiger partial charge on any atom is 0.273 e. The third-order valence-electron chi connectivity index (χ3n) is 3.23. The molecule has 0 aliphatic heterocycles. The summed E-state index contributed by atoms with van der Waals surface area (Å²) in [7, 11) is 1.75. The van der Waals surface area contributed by atoms with Crippen LogP contribution in [0.25, 0.3) is 0 Å². The molecule has 2 aromatic heterocycles. The van der Waals surface area contributed by atoms with E-state index in [1.807, 2.05) is 23.7 Å². The molecule has 0 spiro atoms. The molecule has 0 unspecified atom stereocenters. The highest BCUT2D eigenvalue weighted by Crippen LogP contribution is 2.14. The first-order chi connectivity index (χ1) is 10.0. The first-order valence-corrected chi connectivity index (χ1v) is 6.97. The van der Waals surface area contributed by atoms with Crippen molar-refractivity contribution in [2.24, 2.45) is 7.05 Å². The van der Waals surface area contributed by atoms with E-state index in [2.05, 4.69) is 17.3 Å². The first-order valence-electron chi connectivity index (χ1n) is 6.97. The van der Waals surface area contributed by atoms with Gasteiger partial charge in [0.1, 0.15) is 17.6 Å². The number of hydrogen-bond donors (Lipinski definition) is 1. The largest absolute Gasteiger partial charge is 0.345 e. The Morgan fingerprint density at radius 1 is 1.48 bits per heavy atom. The zero-order chi connectivity index (χ0) is 15.4. The fourth-order valence-corrected chi connectivity index (χ4v) is 2.16. The summed E-state index contributed by atoms with van der Waals surface area (Å²) in [5, 5.41) is 16.1. The number of unbranched alkanes of at least 4 members (excludes halogenated alkanes) is 1. The van der Waals surface area contributed by atoms with E-state index in [9.17, 15) is 4.79 Å². The van der Waals surface area contributed by atoms with Crippen LogP contribution in [-0.2, 0) is 13.6 Å². The molecule has 110 valence electrons.